The van der Waals surface area contributed by atoms with E-state index in [4.69, 9.17) is 5.73 Å². The molecule has 1 aromatic rings. The second-order valence-corrected chi connectivity index (χ2v) is 35.2. The summed E-state index contributed by atoms with van der Waals surface area (Å²) in [6.45, 7) is 5.99. The number of amides is 11. The molecule has 4 aliphatic rings. The third kappa shape index (κ3) is 38.6. The third-order valence-electron chi connectivity index (χ3n) is 22.6. The van der Waals surface area contributed by atoms with Gasteiger partial charge in [-0.15, -0.1) is 0 Å². The fourth-order valence-electron chi connectivity index (χ4n) is 15.8. The number of hydrogen-bond donors (Lipinski definition) is 13. The van der Waals surface area contributed by atoms with Crippen molar-refractivity contribution < 1.29 is 107 Å². The Hall–Kier alpha value is -8.86. The largest absolute Gasteiger partial charge is 0.481 e. The number of primary amides is 1. The number of benzene rings is 1. The maximum absolute atomic E-state index is 15.2. The van der Waals surface area contributed by atoms with Crippen molar-refractivity contribution >= 4 is 130 Å². The van der Waals surface area contributed by atoms with Crippen LogP contribution in [0.5, 0.6) is 0 Å². The number of Topliss-reactive ketones (excluding diaryl/α,β-unsaturated/α-hetero) is 4. The number of fused-ring (bicyclic) bond motifs is 8. The number of carboxylic acid groups (broad SMARTS) is 3. The summed E-state index contributed by atoms with van der Waals surface area (Å²) >= 11 is 2.30. The number of ketones is 4. The summed E-state index contributed by atoms with van der Waals surface area (Å²) < 4.78 is 0. The lowest BCUT2D eigenvalue weighted by molar-refractivity contribution is -0.146. The number of aliphatic carboxylic acids is 3. The second-order valence-electron chi connectivity index (χ2n) is 33.2. The summed E-state index contributed by atoms with van der Waals surface area (Å²) in [5.74, 6) is -21.8. The fraction of sp³-hybridized carbons (Fsp3) is 0.721. The number of carbonyl (C=O) groups excluding carboxylic acids is 15. The molecule has 2 fully saturated rings. The van der Waals surface area contributed by atoms with Gasteiger partial charge >= 0.3 is 17.9 Å². The summed E-state index contributed by atoms with van der Waals surface area (Å²) in [5, 5.41) is 61.1. The number of nitrogens with zero attached hydrogens (tertiary/aromatic N) is 2. The van der Waals surface area contributed by atoms with Gasteiger partial charge in [-0.05, 0) is 94.6 Å². The molecule has 35 heteroatoms. The first-order valence-electron chi connectivity index (χ1n) is 43.6. The first-order chi connectivity index (χ1) is 57.8. The van der Waals surface area contributed by atoms with E-state index in [1.165, 1.54) is 69.1 Å². The van der Waals surface area contributed by atoms with E-state index in [9.17, 15) is 87.5 Å². The molecule has 1 aromatic carbocycles. The van der Waals surface area contributed by atoms with Gasteiger partial charge in [0.1, 0.15) is 53.6 Å². The Morgan fingerprint density at radius 3 is 1.61 bits per heavy atom. The Morgan fingerprint density at radius 2 is 1.04 bits per heavy atom. The zero-order valence-electron chi connectivity index (χ0n) is 71.1. The van der Waals surface area contributed by atoms with Gasteiger partial charge in [-0.3, -0.25) is 86.3 Å². The lowest BCUT2D eigenvalue weighted by Gasteiger charge is -2.30. The minimum Gasteiger partial charge on any atom is -0.481 e. The zero-order chi connectivity index (χ0) is 88.9. The molecule has 14 N–H and O–H groups in total. The van der Waals surface area contributed by atoms with Gasteiger partial charge in [0, 0.05) is 125 Å². The van der Waals surface area contributed by atoms with Crippen LogP contribution in [0.25, 0.3) is 0 Å². The maximum Gasteiger partial charge on any atom is 0.305 e. The molecule has 676 valence electrons. The van der Waals surface area contributed by atoms with E-state index in [1.807, 2.05) is 13.8 Å². The monoisotopic (exact) mass is 1740 g/mol. The van der Waals surface area contributed by atoms with Crippen LogP contribution in [0.15, 0.2) is 24.3 Å². The van der Waals surface area contributed by atoms with Crippen LogP contribution in [-0.2, 0) is 97.8 Å². The zero-order valence-corrected chi connectivity index (χ0v) is 72.7. The molecular weight excluding hydrogens is 1600 g/mol. The minimum atomic E-state index is -1.94. The van der Waals surface area contributed by atoms with Gasteiger partial charge in [0.05, 0.1) is 31.0 Å². The topological polar surface area (TPSA) is 517 Å². The number of rotatable bonds is 35. The van der Waals surface area contributed by atoms with E-state index in [2.05, 4.69) is 49.5 Å². The van der Waals surface area contributed by atoms with Crippen LogP contribution < -0.4 is 48.3 Å². The van der Waals surface area contributed by atoms with Gasteiger partial charge in [0.2, 0.25) is 65.0 Å². The molecule has 4 heterocycles. The molecule has 0 saturated carbocycles. The second kappa shape index (κ2) is 56.0. The Kier molecular flexibility index (Phi) is 47.5. The summed E-state index contributed by atoms with van der Waals surface area (Å²) in [6, 6.07) is -4.33. The number of nitrogens with one attached hydrogen (secondary N) is 8. The smallest absolute Gasteiger partial charge is 0.305 e. The highest BCUT2D eigenvalue weighted by Crippen LogP contribution is 2.32. The molecule has 4 aliphatic heterocycles. The number of hydrogen-bond acceptors (Lipinski definition) is 21. The summed E-state index contributed by atoms with van der Waals surface area (Å²) in [6.07, 6.45) is 10.8. The molecule has 2 bridgehead atoms. The van der Waals surface area contributed by atoms with E-state index in [0.29, 0.717) is 24.0 Å². The van der Waals surface area contributed by atoms with Crippen LogP contribution in [0.1, 0.15) is 270 Å². The highest BCUT2D eigenvalue weighted by atomic mass is 32.2. The van der Waals surface area contributed by atoms with Crippen molar-refractivity contribution in [2.24, 2.45) is 35.3 Å². The summed E-state index contributed by atoms with van der Waals surface area (Å²) in [7, 11) is 0. The Balaban J connectivity index is 1.57. The molecule has 0 radical (unpaired) electrons. The lowest BCUT2D eigenvalue weighted by Crippen LogP contribution is -2.60. The van der Waals surface area contributed by atoms with Crippen molar-refractivity contribution in [3.8, 4) is 0 Å². The molecule has 2 saturated heterocycles. The molecule has 0 spiro atoms. The number of aliphatic hydroxyl groups is 1. The molecule has 121 heavy (non-hydrogen) atoms. The van der Waals surface area contributed by atoms with Crippen LogP contribution >= 0.6 is 23.5 Å². The van der Waals surface area contributed by atoms with Crippen molar-refractivity contribution in [1.82, 2.24) is 52.3 Å². The third-order valence-corrected chi connectivity index (χ3v) is 24.9. The lowest BCUT2D eigenvalue weighted by atomic mass is 9.82. The number of nitrogens with two attached hydrogens (primary N) is 1. The molecule has 11 amide bonds. The van der Waals surface area contributed by atoms with E-state index >= 15 is 19.2 Å². The van der Waals surface area contributed by atoms with Crippen LogP contribution in [0, 0.1) is 29.6 Å². The highest BCUT2D eigenvalue weighted by molar-refractivity contribution is 7.98. The summed E-state index contributed by atoms with van der Waals surface area (Å²) in [4.78, 5) is 255. The number of aliphatic hydroxyl groups excluding tert-OH is 1. The molecule has 0 aromatic heterocycles. The maximum atomic E-state index is 15.2. The van der Waals surface area contributed by atoms with Crippen molar-refractivity contribution in [2.75, 3.05) is 44.2 Å². The minimum absolute atomic E-state index is 0.0116. The van der Waals surface area contributed by atoms with Crippen molar-refractivity contribution in [3.05, 3.63) is 35.4 Å². The molecule has 33 nitrogen and oxygen atoms in total. The average Bonchev–Trinajstić information content (AvgIpc) is 1.75. The standard InChI is InChI=1S/C86H133N11O22S2/c1-5-6-7-8-9-10-11-12-13-14-15-16-17-18-19-31-73(104)88-40-38-62(99)44-56-26-22-23-39-89-82(115)67-29-24-41-96(67)85(118)60(43-54(2)3)46-71(102)66-53-121-51-59-28-21-20-27-58(59)50-120-52-61(47-70(101)57(45-69(56)100)32-35-72(87)103)79(112)93-65(48-77(110)111)86(119)97-42-25-30-68(97)83(116)92-64(34-37-76(108)109)81(114)95-78(55(4)98)84(117)90-49-74(105)91-63(80(113)94-66)33-36-75(106)107/h20-21,27-28,54-57,60-61,63-68,78,98H,5-19,22-26,29-53H2,1-4H3,(H2,87,103)(H,88,104)(H,89,115)(H,90,117)(H,91,105)(H,92,116)(H,93,112)(H,94,113)(H,95,114)(H,106,107)(H,108,109)(H,110,111)/t55-,56-,57-,60-,61+,63+,64+,65+,66+,67+,68+,78+/m1/s1. The molecule has 12 atom stereocenters. The number of thioether (sulfide) groups is 2. The Labute approximate surface area is 718 Å². The van der Waals surface area contributed by atoms with E-state index in [-0.39, 0.29) is 137 Å². The van der Waals surface area contributed by atoms with Crippen LogP contribution in [0.4, 0.5) is 0 Å². The fourth-order valence-corrected chi connectivity index (χ4v) is 18.1. The molecular formula is C86H133N11O22S2. The Bertz CT molecular complexity index is 3660. The normalized spacial score (nSPS) is 24.2. The van der Waals surface area contributed by atoms with E-state index < -0.39 is 231 Å². The van der Waals surface area contributed by atoms with Crippen molar-refractivity contribution in [1.29, 1.82) is 0 Å². The highest BCUT2D eigenvalue weighted by Gasteiger charge is 2.44. The number of unbranched alkanes of at least 4 members (excludes halogenated alkanes) is 14. The average molecular weight is 1740 g/mol. The Morgan fingerprint density at radius 1 is 0.504 bits per heavy atom. The van der Waals surface area contributed by atoms with Gasteiger partial charge in [-0.1, -0.05) is 141 Å². The number of carbonyl (C=O) groups is 18. The van der Waals surface area contributed by atoms with Gasteiger partial charge in [0.25, 0.3) is 0 Å². The first kappa shape index (κ1) is 103. The number of carboxylic acids is 3. The quantitative estimate of drug-likeness (QED) is 0.0349. The predicted octanol–water partition coefficient (Wildman–Crippen LogP) is 5.95. The molecule has 0 unspecified atom stereocenters. The van der Waals surface area contributed by atoms with E-state index in [0.717, 1.165) is 61.0 Å². The molecule has 0 aliphatic carbocycles. The van der Waals surface area contributed by atoms with Crippen molar-refractivity contribution in [2.45, 2.75) is 319 Å². The SMILES string of the molecule is CCCCCCCCCCCCCCCCCC(=O)NCCC(=O)C[C@H]1CCCCNC(=O)[C@@H]2CCCN2C(=O)[C@H](CC(C)C)CC(=O)[C@@H]2CSCc3ccccc3CSC[C@H](CC(=O)[C@H](CCC(N)=O)CC1=O)C(=O)N[C@@H](CC(=O)O)C(=O)N1CCC[C@H]1C(=O)N[C@@H](CCC(=O)O)C(=O)N[C@@H]([C@@H](C)O)C(=O)NCC(=O)N[C@@H](CCC(=O)O)C(=O)N2. The van der Waals surface area contributed by atoms with Crippen LogP contribution in [0.2, 0.25) is 0 Å². The predicted molar refractivity (Wildman–Crippen MR) is 453 cm³/mol. The van der Waals surface area contributed by atoms with E-state index in [1.54, 1.807) is 24.3 Å². The van der Waals surface area contributed by atoms with Crippen LogP contribution in [-0.4, -0.2) is 229 Å². The van der Waals surface area contributed by atoms with Gasteiger partial charge in [-0.2, -0.15) is 23.5 Å². The van der Waals surface area contributed by atoms with Gasteiger partial charge < -0.3 is 78.5 Å². The van der Waals surface area contributed by atoms with Crippen molar-refractivity contribution in [3.63, 3.8) is 0 Å². The van der Waals surface area contributed by atoms with Crippen LogP contribution in [0.3, 0.4) is 0 Å². The summed E-state index contributed by atoms with van der Waals surface area (Å²) in [5.41, 5.74) is 7.02. The first-order valence-corrected chi connectivity index (χ1v) is 46.0. The molecule has 5 rings (SSSR count). The van der Waals surface area contributed by atoms with Gasteiger partial charge in [-0.25, -0.2) is 0 Å². The van der Waals surface area contributed by atoms with Gasteiger partial charge in [0.15, 0.2) is 5.78 Å².